The molecule has 0 aromatic heterocycles. The van der Waals surface area contributed by atoms with Gasteiger partial charge in [0.1, 0.15) is 0 Å². The summed E-state index contributed by atoms with van der Waals surface area (Å²) in [6.07, 6.45) is 8.18. The predicted octanol–water partition coefficient (Wildman–Crippen LogP) is 2.76. The maximum atomic E-state index is 12.2. The van der Waals surface area contributed by atoms with Crippen molar-refractivity contribution in [2.75, 3.05) is 6.54 Å². The molecule has 0 spiro atoms. The third-order valence-corrected chi connectivity index (χ3v) is 6.25. The molecule has 4 saturated carbocycles. The van der Waals surface area contributed by atoms with Gasteiger partial charge in [-0.3, -0.25) is 4.79 Å². The Kier molecular flexibility index (Phi) is 2.46. The van der Waals surface area contributed by atoms with Crippen molar-refractivity contribution >= 4 is 5.78 Å². The zero-order valence-electron chi connectivity index (χ0n) is 11.2. The first-order chi connectivity index (χ1) is 7.97. The highest BCUT2D eigenvalue weighted by molar-refractivity contribution is 5.86. The molecule has 4 rings (SSSR count). The first-order valence-corrected chi connectivity index (χ1v) is 7.20. The SMILES string of the molecule is CC(C)(C(=O)CN)C12CC3CC(CC(C3)C1)C2. The minimum absolute atomic E-state index is 0.197. The molecule has 0 aliphatic heterocycles. The van der Waals surface area contributed by atoms with Gasteiger partial charge in [-0.15, -0.1) is 0 Å². The van der Waals surface area contributed by atoms with Crippen molar-refractivity contribution < 1.29 is 4.79 Å². The lowest BCUT2D eigenvalue weighted by Gasteiger charge is -2.62. The molecular formula is C15H25NO. The van der Waals surface area contributed by atoms with E-state index in [-0.39, 0.29) is 23.2 Å². The van der Waals surface area contributed by atoms with Crippen LogP contribution in [-0.4, -0.2) is 12.3 Å². The quantitative estimate of drug-likeness (QED) is 0.817. The molecule has 0 atom stereocenters. The Balaban J connectivity index is 1.93. The van der Waals surface area contributed by atoms with Crippen molar-refractivity contribution in [2.24, 2.45) is 34.3 Å². The number of rotatable bonds is 3. The Morgan fingerprint density at radius 3 is 1.88 bits per heavy atom. The summed E-state index contributed by atoms with van der Waals surface area (Å²) in [5.41, 5.74) is 5.72. The van der Waals surface area contributed by atoms with Crippen LogP contribution in [0, 0.1) is 28.6 Å². The van der Waals surface area contributed by atoms with Crippen molar-refractivity contribution in [1.29, 1.82) is 0 Å². The number of hydrogen-bond donors (Lipinski definition) is 1. The summed E-state index contributed by atoms with van der Waals surface area (Å²) < 4.78 is 0. The van der Waals surface area contributed by atoms with Crippen LogP contribution in [0.4, 0.5) is 0 Å². The number of carbonyl (C=O) groups excluding carboxylic acids is 1. The molecule has 0 amide bonds. The minimum atomic E-state index is -0.197. The molecular weight excluding hydrogens is 210 g/mol. The summed E-state index contributed by atoms with van der Waals surface area (Å²) in [4.78, 5) is 12.2. The summed E-state index contributed by atoms with van der Waals surface area (Å²) >= 11 is 0. The van der Waals surface area contributed by atoms with Crippen LogP contribution in [0.2, 0.25) is 0 Å². The van der Waals surface area contributed by atoms with Gasteiger partial charge in [-0.05, 0) is 61.7 Å². The molecule has 4 bridgehead atoms. The molecule has 2 nitrogen and oxygen atoms in total. The van der Waals surface area contributed by atoms with Crippen LogP contribution < -0.4 is 5.73 Å². The largest absolute Gasteiger partial charge is 0.324 e. The predicted molar refractivity (Wildman–Crippen MR) is 68.4 cm³/mol. The molecule has 0 aromatic rings. The number of ketones is 1. The number of hydrogen-bond acceptors (Lipinski definition) is 2. The van der Waals surface area contributed by atoms with E-state index in [4.69, 9.17) is 5.73 Å². The van der Waals surface area contributed by atoms with Gasteiger partial charge in [0.15, 0.2) is 5.78 Å². The summed E-state index contributed by atoms with van der Waals surface area (Å²) in [5, 5.41) is 0. The maximum absolute atomic E-state index is 12.2. The van der Waals surface area contributed by atoms with E-state index in [0.717, 1.165) is 17.8 Å². The molecule has 0 aromatic carbocycles. The normalized spacial score (nSPS) is 44.1. The highest BCUT2D eigenvalue weighted by atomic mass is 16.1. The van der Waals surface area contributed by atoms with Crippen molar-refractivity contribution in [3.8, 4) is 0 Å². The maximum Gasteiger partial charge on any atom is 0.152 e. The lowest BCUT2D eigenvalue weighted by molar-refractivity contribution is -0.153. The van der Waals surface area contributed by atoms with E-state index in [1.54, 1.807) is 0 Å². The highest BCUT2D eigenvalue weighted by Crippen LogP contribution is 2.65. The average Bonchev–Trinajstić information content (AvgIpc) is 2.25. The van der Waals surface area contributed by atoms with Crippen molar-refractivity contribution in [3.63, 3.8) is 0 Å². The zero-order valence-corrected chi connectivity index (χ0v) is 11.2. The Morgan fingerprint density at radius 2 is 1.53 bits per heavy atom. The minimum Gasteiger partial charge on any atom is -0.324 e. The fourth-order valence-electron chi connectivity index (χ4n) is 5.43. The zero-order chi connectivity index (χ0) is 12.3. The van der Waals surface area contributed by atoms with Gasteiger partial charge in [-0.1, -0.05) is 13.8 Å². The van der Waals surface area contributed by atoms with E-state index in [1.807, 2.05) is 0 Å². The fraction of sp³-hybridized carbons (Fsp3) is 0.933. The lowest BCUT2D eigenvalue weighted by Crippen LogP contribution is -2.56. The van der Waals surface area contributed by atoms with Gasteiger partial charge in [0.2, 0.25) is 0 Å². The summed E-state index contributed by atoms with van der Waals surface area (Å²) in [5.74, 6) is 3.00. The number of Topliss-reactive ketones (excluding diaryl/α,β-unsaturated/α-hetero) is 1. The van der Waals surface area contributed by atoms with Gasteiger partial charge in [-0.2, -0.15) is 0 Å². The molecule has 4 aliphatic rings. The first-order valence-electron chi connectivity index (χ1n) is 7.20. The van der Waals surface area contributed by atoms with Gasteiger partial charge < -0.3 is 5.73 Å². The average molecular weight is 235 g/mol. The van der Waals surface area contributed by atoms with Gasteiger partial charge in [0.25, 0.3) is 0 Å². The van der Waals surface area contributed by atoms with E-state index in [9.17, 15) is 4.79 Å². The summed E-state index contributed by atoms with van der Waals surface area (Å²) in [6.45, 7) is 4.54. The highest BCUT2D eigenvalue weighted by Gasteiger charge is 2.58. The molecule has 96 valence electrons. The Morgan fingerprint density at radius 1 is 1.12 bits per heavy atom. The van der Waals surface area contributed by atoms with E-state index >= 15 is 0 Å². The second kappa shape index (κ2) is 3.57. The van der Waals surface area contributed by atoms with Gasteiger partial charge >= 0.3 is 0 Å². The van der Waals surface area contributed by atoms with Crippen LogP contribution in [0.3, 0.4) is 0 Å². The monoisotopic (exact) mass is 235 g/mol. The fourth-order valence-corrected chi connectivity index (χ4v) is 5.43. The van der Waals surface area contributed by atoms with Crippen LogP contribution >= 0.6 is 0 Å². The van der Waals surface area contributed by atoms with Crippen molar-refractivity contribution in [3.05, 3.63) is 0 Å². The lowest BCUT2D eigenvalue weighted by atomic mass is 9.42. The van der Waals surface area contributed by atoms with Crippen molar-refractivity contribution in [1.82, 2.24) is 0 Å². The van der Waals surface area contributed by atoms with E-state index in [2.05, 4.69) is 13.8 Å². The molecule has 0 heterocycles. The third-order valence-electron chi connectivity index (χ3n) is 6.25. The molecule has 2 heteroatoms. The van der Waals surface area contributed by atoms with Gasteiger partial charge in [0.05, 0.1) is 6.54 Å². The van der Waals surface area contributed by atoms with E-state index in [1.165, 1.54) is 38.5 Å². The van der Waals surface area contributed by atoms with Crippen molar-refractivity contribution in [2.45, 2.75) is 52.4 Å². The van der Waals surface area contributed by atoms with Crippen LogP contribution in [0.1, 0.15) is 52.4 Å². The third kappa shape index (κ3) is 1.53. The Labute approximate surface area is 104 Å². The molecule has 0 saturated heterocycles. The molecule has 17 heavy (non-hydrogen) atoms. The van der Waals surface area contributed by atoms with E-state index < -0.39 is 0 Å². The smallest absolute Gasteiger partial charge is 0.152 e. The van der Waals surface area contributed by atoms with Crippen LogP contribution in [0.25, 0.3) is 0 Å². The Bertz CT molecular complexity index is 310. The Hall–Kier alpha value is -0.370. The summed E-state index contributed by atoms with van der Waals surface area (Å²) in [7, 11) is 0. The molecule has 0 unspecified atom stereocenters. The molecule has 2 N–H and O–H groups in total. The first kappa shape index (κ1) is 11.7. The standard InChI is InChI=1S/C15H25NO/c1-14(2,13(17)9-16)15-6-10-3-11(7-15)5-12(4-10)8-15/h10-12H,3-9,16H2,1-2H3. The summed E-state index contributed by atoms with van der Waals surface area (Å²) in [6, 6.07) is 0. The van der Waals surface area contributed by atoms with E-state index in [0.29, 0.717) is 0 Å². The van der Waals surface area contributed by atoms with Gasteiger partial charge in [0, 0.05) is 5.41 Å². The molecule has 4 fully saturated rings. The van der Waals surface area contributed by atoms with Gasteiger partial charge in [-0.25, -0.2) is 0 Å². The molecule has 4 aliphatic carbocycles. The second-order valence-electron chi connectivity index (χ2n) is 7.45. The van der Waals surface area contributed by atoms with Crippen LogP contribution in [0.15, 0.2) is 0 Å². The number of nitrogens with two attached hydrogens (primary N) is 1. The van der Waals surface area contributed by atoms with Crippen LogP contribution in [-0.2, 0) is 4.79 Å². The van der Waals surface area contributed by atoms with Crippen LogP contribution in [0.5, 0.6) is 0 Å². The number of carbonyl (C=O) groups is 1. The topological polar surface area (TPSA) is 43.1 Å². The second-order valence-corrected chi connectivity index (χ2v) is 7.45. The molecule has 0 radical (unpaired) electrons.